The topological polar surface area (TPSA) is 35.5 Å². The molecule has 0 aromatic heterocycles. The van der Waals surface area contributed by atoms with Gasteiger partial charge in [-0.25, -0.2) is 0 Å². The minimum atomic E-state index is -0.0376. The molecule has 3 heteroatoms. The maximum Gasteiger partial charge on any atom is 0.0564 e. The van der Waals surface area contributed by atoms with E-state index in [9.17, 15) is 5.11 Å². The molecule has 1 aliphatic carbocycles. The van der Waals surface area contributed by atoms with Gasteiger partial charge in [-0.1, -0.05) is 13.3 Å². The Balaban J connectivity index is 1.75. The van der Waals surface area contributed by atoms with Crippen molar-refractivity contribution in [3.05, 3.63) is 0 Å². The summed E-state index contributed by atoms with van der Waals surface area (Å²) in [5.74, 6) is 0.843. The standard InChI is InChI=1S/C13H26N2O/c1-2-14-13-5-3-4-11(13)10-15-8-6-12(16)7-9-15/h11-14,16H,2-10H2,1H3. The van der Waals surface area contributed by atoms with Crippen LogP contribution in [-0.4, -0.2) is 48.3 Å². The predicted octanol–water partition coefficient (Wildman–Crippen LogP) is 1.22. The average Bonchev–Trinajstić information content (AvgIpc) is 2.70. The maximum atomic E-state index is 9.49. The van der Waals surface area contributed by atoms with Crippen LogP contribution >= 0.6 is 0 Å². The molecular formula is C13H26N2O. The molecule has 3 nitrogen and oxygen atoms in total. The van der Waals surface area contributed by atoms with E-state index < -0.39 is 0 Å². The largest absolute Gasteiger partial charge is 0.393 e. The van der Waals surface area contributed by atoms with Crippen LogP contribution < -0.4 is 5.32 Å². The van der Waals surface area contributed by atoms with E-state index in [1.54, 1.807) is 0 Å². The number of nitrogens with one attached hydrogen (secondary N) is 1. The molecule has 2 rings (SSSR count). The minimum absolute atomic E-state index is 0.0376. The molecule has 0 aromatic carbocycles. The second-order valence-corrected chi connectivity index (χ2v) is 5.39. The zero-order valence-electron chi connectivity index (χ0n) is 10.5. The number of hydrogen-bond donors (Lipinski definition) is 2. The monoisotopic (exact) mass is 226 g/mol. The molecule has 2 fully saturated rings. The lowest BCUT2D eigenvalue weighted by Crippen LogP contribution is -2.43. The first-order chi connectivity index (χ1) is 7.79. The molecule has 1 saturated heterocycles. The normalized spacial score (nSPS) is 33.4. The molecule has 2 atom stereocenters. The lowest BCUT2D eigenvalue weighted by Gasteiger charge is -2.33. The third-order valence-corrected chi connectivity index (χ3v) is 4.18. The molecule has 0 aromatic rings. The van der Waals surface area contributed by atoms with Gasteiger partial charge in [0.1, 0.15) is 0 Å². The molecule has 2 unspecified atom stereocenters. The first-order valence-corrected chi connectivity index (χ1v) is 6.93. The van der Waals surface area contributed by atoms with E-state index >= 15 is 0 Å². The first-order valence-electron chi connectivity index (χ1n) is 6.93. The lowest BCUT2D eigenvalue weighted by atomic mass is 10.0. The zero-order chi connectivity index (χ0) is 11.4. The highest BCUT2D eigenvalue weighted by Gasteiger charge is 2.29. The van der Waals surface area contributed by atoms with Gasteiger partial charge >= 0.3 is 0 Å². The van der Waals surface area contributed by atoms with Crippen LogP contribution in [0.1, 0.15) is 39.0 Å². The molecule has 1 saturated carbocycles. The number of likely N-dealkylation sites (tertiary alicyclic amines) is 1. The summed E-state index contributed by atoms with van der Waals surface area (Å²) in [4.78, 5) is 2.55. The van der Waals surface area contributed by atoms with Crippen molar-refractivity contribution in [1.29, 1.82) is 0 Å². The number of piperidine rings is 1. The molecule has 2 N–H and O–H groups in total. The van der Waals surface area contributed by atoms with Gasteiger partial charge in [0.2, 0.25) is 0 Å². The second-order valence-electron chi connectivity index (χ2n) is 5.39. The van der Waals surface area contributed by atoms with Gasteiger partial charge in [-0.15, -0.1) is 0 Å². The zero-order valence-corrected chi connectivity index (χ0v) is 10.5. The third kappa shape index (κ3) is 3.19. The molecule has 1 heterocycles. The van der Waals surface area contributed by atoms with Crippen molar-refractivity contribution in [1.82, 2.24) is 10.2 Å². The smallest absolute Gasteiger partial charge is 0.0564 e. The van der Waals surface area contributed by atoms with Crippen molar-refractivity contribution >= 4 is 0 Å². The van der Waals surface area contributed by atoms with Gasteiger partial charge in [0.15, 0.2) is 0 Å². The highest BCUT2D eigenvalue weighted by Crippen LogP contribution is 2.27. The second kappa shape index (κ2) is 5.99. The van der Waals surface area contributed by atoms with Gasteiger partial charge in [0.05, 0.1) is 6.10 Å². The minimum Gasteiger partial charge on any atom is -0.393 e. The number of aliphatic hydroxyl groups excluding tert-OH is 1. The van der Waals surface area contributed by atoms with E-state index in [1.807, 2.05) is 0 Å². The molecule has 0 radical (unpaired) electrons. The van der Waals surface area contributed by atoms with E-state index in [0.717, 1.165) is 44.4 Å². The average molecular weight is 226 g/mol. The van der Waals surface area contributed by atoms with E-state index in [1.165, 1.54) is 25.8 Å². The van der Waals surface area contributed by atoms with Crippen molar-refractivity contribution in [3.8, 4) is 0 Å². The summed E-state index contributed by atoms with van der Waals surface area (Å²) in [6.07, 6.45) is 6.03. The van der Waals surface area contributed by atoms with E-state index in [0.29, 0.717) is 0 Å². The highest BCUT2D eigenvalue weighted by molar-refractivity contribution is 4.86. The van der Waals surface area contributed by atoms with Crippen LogP contribution in [0.2, 0.25) is 0 Å². The Morgan fingerprint density at radius 1 is 1.19 bits per heavy atom. The number of aliphatic hydroxyl groups is 1. The van der Waals surface area contributed by atoms with Crippen LogP contribution in [0, 0.1) is 5.92 Å². The van der Waals surface area contributed by atoms with Gasteiger partial charge in [-0.3, -0.25) is 0 Å². The van der Waals surface area contributed by atoms with Crippen molar-refractivity contribution in [3.63, 3.8) is 0 Å². The Bertz CT molecular complexity index is 202. The Kier molecular flexibility index (Phi) is 4.62. The lowest BCUT2D eigenvalue weighted by molar-refractivity contribution is 0.0729. The Hall–Kier alpha value is -0.120. The number of rotatable bonds is 4. The van der Waals surface area contributed by atoms with Crippen molar-refractivity contribution < 1.29 is 5.11 Å². The molecule has 0 bridgehead atoms. The number of nitrogens with zero attached hydrogens (tertiary/aromatic N) is 1. The third-order valence-electron chi connectivity index (χ3n) is 4.18. The predicted molar refractivity (Wildman–Crippen MR) is 66.5 cm³/mol. The fourth-order valence-electron chi connectivity index (χ4n) is 3.22. The number of hydrogen-bond acceptors (Lipinski definition) is 3. The maximum absolute atomic E-state index is 9.49. The molecule has 16 heavy (non-hydrogen) atoms. The summed E-state index contributed by atoms with van der Waals surface area (Å²) < 4.78 is 0. The summed E-state index contributed by atoms with van der Waals surface area (Å²) in [6.45, 7) is 6.73. The highest BCUT2D eigenvalue weighted by atomic mass is 16.3. The summed E-state index contributed by atoms with van der Waals surface area (Å²) >= 11 is 0. The molecule has 0 amide bonds. The van der Waals surface area contributed by atoms with Gasteiger partial charge in [0.25, 0.3) is 0 Å². The van der Waals surface area contributed by atoms with E-state index in [2.05, 4.69) is 17.1 Å². The molecule has 1 aliphatic heterocycles. The fraction of sp³-hybridized carbons (Fsp3) is 1.00. The molecule has 0 spiro atoms. The fourth-order valence-corrected chi connectivity index (χ4v) is 3.22. The van der Waals surface area contributed by atoms with Crippen LogP contribution in [0.3, 0.4) is 0 Å². The summed E-state index contributed by atoms with van der Waals surface area (Å²) in [5, 5.41) is 13.1. The van der Waals surface area contributed by atoms with Crippen molar-refractivity contribution in [2.24, 2.45) is 5.92 Å². The van der Waals surface area contributed by atoms with Gasteiger partial charge in [-0.2, -0.15) is 0 Å². The van der Waals surface area contributed by atoms with Gasteiger partial charge in [0, 0.05) is 25.7 Å². The Morgan fingerprint density at radius 2 is 1.94 bits per heavy atom. The van der Waals surface area contributed by atoms with E-state index in [-0.39, 0.29) is 6.10 Å². The van der Waals surface area contributed by atoms with Gasteiger partial charge in [-0.05, 0) is 38.1 Å². The Labute approximate surface area is 99.2 Å². The van der Waals surface area contributed by atoms with Crippen LogP contribution in [0.25, 0.3) is 0 Å². The van der Waals surface area contributed by atoms with E-state index in [4.69, 9.17) is 0 Å². The van der Waals surface area contributed by atoms with Crippen LogP contribution in [0.5, 0.6) is 0 Å². The van der Waals surface area contributed by atoms with Crippen molar-refractivity contribution in [2.45, 2.75) is 51.2 Å². The Morgan fingerprint density at radius 3 is 2.62 bits per heavy atom. The van der Waals surface area contributed by atoms with Gasteiger partial charge < -0.3 is 15.3 Å². The summed E-state index contributed by atoms with van der Waals surface area (Å²) in [7, 11) is 0. The van der Waals surface area contributed by atoms with Crippen LogP contribution in [0.4, 0.5) is 0 Å². The molecule has 2 aliphatic rings. The van der Waals surface area contributed by atoms with Crippen molar-refractivity contribution in [2.75, 3.05) is 26.2 Å². The summed E-state index contributed by atoms with van der Waals surface area (Å²) in [5.41, 5.74) is 0. The molecular weight excluding hydrogens is 200 g/mol. The van der Waals surface area contributed by atoms with Crippen LogP contribution in [0.15, 0.2) is 0 Å². The SMILES string of the molecule is CCNC1CCCC1CN1CCC(O)CC1. The summed E-state index contributed by atoms with van der Waals surface area (Å²) in [6, 6.07) is 0.747. The quantitative estimate of drug-likeness (QED) is 0.756. The molecule has 94 valence electrons. The first kappa shape index (κ1) is 12.3. The van der Waals surface area contributed by atoms with Crippen LogP contribution in [-0.2, 0) is 0 Å².